The summed E-state index contributed by atoms with van der Waals surface area (Å²) in [5.41, 5.74) is 5.48. The van der Waals surface area contributed by atoms with Crippen LogP contribution in [0.15, 0.2) is 113 Å². The Labute approximate surface area is 190 Å². The normalized spacial score (nSPS) is 10.2. The van der Waals surface area contributed by atoms with Crippen LogP contribution in [-0.2, 0) is 4.79 Å². The van der Waals surface area contributed by atoms with Crippen molar-refractivity contribution < 1.29 is 18.7 Å². The van der Waals surface area contributed by atoms with Crippen molar-refractivity contribution in [2.24, 2.45) is 5.10 Å². The molecule has 0 atom stereocenters. The zero-order valence-corrected chi connectivity index (χ0v) is 17.6. The standard InChI is InChI=1S/C26H21N3O4/c30-24(28-29-25(19-9-3-1-4-10-19)20-11-5-2-6-12-20)18-33-22-14-7-13-21(17-22)27-26(31)23-15-8-16-32-23/h1-17H,18H2,(H,27,31)(H,28,30). The Hall–Kier alpha value is -4.65. The van der Waals surface area contributed by atoms with E-state index in [1.165, 1.54) is 6.26 Å². The van der Waals surface area contributed by atoms with Crippen LogP contribution in [0.3, 0.4) is 0 Å². The molecule has 0 aliphatic carbocycles. The molecule has 1 aromatic heterocycles. The van der Waals surface area contributed by atoms with Crippen LogP contribution in [0.4, 0.5) is 5.69 Å². The molecule has 0 aliphatic heterocycles. The number of hydrogen-bond acceptors (Lipinski definition) is 5. The lowest BCUT2D eigenvalue weighted by atomic mass is 10.0. The van der Waals surface area contributed by atoms with E-state index < -0.39 is 5.91 Å². The maximum atomic E-state index is 12.4. The second-order valence-electron chi connectivity index (χ2n) is 6.98. The fraction of sp³-hybridized carbons (Fsp3) is 0.0385. The highest BCUT2D eigenvalue weighted by atomic mass is 16.5. The van der Waals surface area contributed by atoms with E-state index in [1.54, 1.807) is 36.4 Å². The summed E-state index contributed by atoms with van der Waals surface area (Å²) in [5, 5.41) is 7.05. The van der Waals surface area contributed by atoms with Crippen molar-refractivity contribution in [2.45, 2.75) is 0 Å². The van der Waals surface area contributed by atoms with E-state index in [1.807, 2.05) is 60.7 Å². The molecule has 0 spiro atoms. The summed E-state index contributed by atoms with van der Waals surface area (Å²) in [4.78, 5) is 24.5. The van der Waals surface area contributed by atoms with Crippen molar-refractivity contribution in [2.75, 3.05) is 11.9 Å². The molecule has 0 saturated carbocycles. The van der Waals surface area contributed by atoms with E-state index in [-0.39, 0.29) is 18.3 Å². The summed E-state index contributed by atoms with van der Waals surface area (Å²) in [6, 6.07) is 29.1. The number of hydrogen-bond donors (Lipinski definition) is 2. The SMILES string of the molecule is O=C(COc1cccc(NC(=O)c2ccco2)c1)NN=C(c1ccccc1)c1ccccc1. The number of nitrogens with zero attached hydrogens (tertiary/aromatic N) is 1. The van der Waals surface area contributed by atoms with Gasteiger partial charge in [0.25, 0.3) is 11.8 Å². The zero-order chi connectivity index (χ0) is 22.9. The molecule has 7 nitrogen and oxygen atoms in total. The van der Waals surface area contributed by atoms with Gasteiger partial charge in [-0.2, -0.15) is 5.10 Å². The number of rotatable bonds is 8. The molecule has 3 aromatic carbocycles. The molecule has 2 N–H and O–H groups in total. The number of furan rings is 1. The molecule has 164 valence electrons. The lowest BCUT2D eigenvalue weighted by molar-refractivity contribution is -0.123. The fourth-order valence-corrected chi connectivity index (χ4v) is 3.05. The molecule has 33 heavy (non-hydrogen) atoms. The summed E-state index contributed by atoms with van der Waals surface area (Å²) >= 11 is 0. The van der Waals surface area contributed by atoms with E-state index in [0.29, 0.717) is 17.1 Å². The lowest BCUT2D eigenvalue weighted by Crippen LogP contribution is -2.26. The highest BCUT2D eigenvalue weighted by Gasteiger charge is 2.10. The van der Waals surface area contributed by atoms with Crippen LogP contribution < -0.4 is 15.5 Å². The first-order valence-electron chi connectivity index (χ1n) is 10.2. The summed E-state index contributed by atoms with van der Waals surface area (Å²) < 4.78 is 10.6. The van der Waals surface area contributed by atoms with Gasteiger partial charge in [-0.15, -0.1) is 0 Å². The Balaban J connectivity index is 1.38. The number of amides is 2. The molecule has 1 heterocycles. The van der Waals surface area contributed by atoms with Gasteiger partial charge < -0.3 is 14.5 Å². The van der Waals surface area contributed by atoms with Crippen LogP contribution in [0, 0.1) is 0 Å². The van der Waals surface area contributed by atoms with Crippen molar-refractivity contribution in [3.63, 3.8) is 0 Å². The van der Waals surface area contributed by atoms with Crippen LogP contribution in [0.25, 0.3) is 0 Å². The highest BCUT2D eigenvalue weighted by molar-refractivity contribution is 6.13. The molecule has 2 amide bonds. The summed E-state index contributed by atoms with van der Waals surface area (Å²) in [6.07, 6.45) is 1.43. The van der Waals surface area contributed by atoms with Gasteiger partial charge in [-0.05, 0) is 24.3 Å². The van der Waals surface area contributed by atoms with Gasteiger partial charge in [-0.3, -0.25) is 9.59 Å². The highest BCUT2D eigenvalue weighted by Crippen LogP contribution is 2.18. The fourth-order valence-electron chi connectivity index (χ4n) is 3.05. The van der Waals surface area contributed by atoms with E-state index >= 15 is 0 Å². The van der Waals surface area contributed by atoms with Gasteiger partial charge in [-0.1, -0.05) is 66.7 Å². The maximum Gasteiger partial charge on any atom is 0.291 e. The molecule has 0 radical (unpaired) electrons. The van der Waals surface area contributed by atoms with Crippen LogP contribution in [0.2, 0.25) is 0 Å². The van der Waals surface area contributed by atoms with Crippen LogP contribution >= 0.6 is 0 Å². The number of nitrogens with one attached hydrogen (secondary N) is 2. The lowest BCUT2D eigenvalue weighted by Gasteiger charge is -2.10. The summed E-state index contributed by atoms with van der Waals surface area (Å²) in [5.74, 6) is -0.160. The van der Waals surface area contributed by atoms with Crippen molar-refractivity contribution in [3.8, 4) is 5.75 Å². The predicted molar refractivity (Wildman–Crippen MR) is 125 cm³/mol. The van der Waals surface area contributed by atoms with Crippen LogP contribution in [0.5, 0.6) is 5.75 Å². The van der Waals surface area contributed by atoms with Crippen molar-refractivity contribution in [3.05, 3.63) is 120 Å². The van der Waals surface area contributed by atoms with Gasteiger partial charge >= 0.3 is 0 Å². The Morgan fingerprint density at radius 1 is 0.818 bits per heavy atom. The number of carbonyl (C=O) groups excluding carboxylic acids is 2. The molecule has 0 fully saturated rings. The third-order valence-corrected chi connectivity index (χ3v) is 4.59. The van der Waals surface area contributed by atoms with Crippen LogP contribution in [0.1, 0.15) is 21.7 Å². The van der Waals surface area contributed by atoms with E-state index in [9.17, 15) is 9.59 Å². The minimum atomic E-state index is -0.413. The molecule has 0 saturated heterocycles. The molecule has 0 unspecified atom stereocenters. The average Bonchev–Trinajstić information content (AvgIpc) is 3.40. The third kappa shape index (κ3) is 5.95. The monoisotopic (exact) mass is 439 g/mol. The zero-order valence-electron chi connectivity index (χ0n) is 17.6. The first-order chi connectivity index (χ1) is 16.2. The van der Waals surface area contributed by atoms with Crippen molar-refractivity contribution in [1.82, 2.24) is 5.43 Å². The molecule has 0 bridgehead atoms. The molecular weight excluding hydrogens is 418 g/mol. The molecule has 7 heteroatoms. The third-order valence-electron chi connectivity index (χ3n) is 4.59. The Morgan fingerprint density at radius 2 is 1.52 bits per heavy atom. The average molecular weight is 439 g/mol. The predicted octanol–water partition coefficient (Wildman–Crippen LogP) is 4.48. The van der Waals surface area contributed by atoms with E-state index in [0.717, 1.165) is 11.1 Å². The van der Waals surface area contributed by atoms with Gasteiger partial charge in [-0.25, -0.2) is 5.43 Å². The molecule has 0 aliphatic rings. The number of ether oxygens (including phenoxy) is 1. The number of anilines is 1. The number of benzene rings is 3. The molecule has 4 aromatic rings. The summed E-state index contributed by atoms with van der Waals surface area (Å²) in [6.45, 7) is -0.240. The first kappa shape index (κ1) is 21.6. The largest absolute Gasteiger partial charge is 0.484 e. The topological polar surface area (TPSA) is 92.9 Å². The minimum Gasteiger partial charge on any atom is -0.484 e. The minimum absolute atomic E-state index is 0.200. The van der Waals surface area contributed by atoms with Gasteiger partial charge in [0.15, 0.2) is 12.4 Å². The Kier molecular flexibility index (Phi) is 6.92. The van der Waals surface area contributed by atoms with E-state index in [2.05, 4.69) is 15.8 Å². The number of carbonyl (C=O) groups is 2. The molecular formula is C26H21N3O4. The van der Waals surface area contributed by atoms with Gasteiger partial charge in [0.05, 0.1) is 12.0 Å². The van der Waals surface area contributed by atoms with Gasteiger partial charge in [0, 0.05) is 22.9 Å². The van der Waals surface area contributed by atoms with Gasteiger partial charge in [0.2, 0.25) is 0 Å². The van der Waals surface area contributed by atoms with Gasteiger partial charge in [0.1, 0.15) is 5.75 Å². The second-order valence-corrected chi connectivity index (χ2v) is 6.98. The van der Waals surface area contributed by atoms with Crippen molar-refractivity contribution >= 4 is 23.2 Å². The maximum absolute atomic E-state index is 12.4. The van der Waals surface area contributed by atoms with Crippen LogP contribution in [-0.4, -0.2) is 24.1 Å². The molecule has 4 rings (SSSR count). The Morgan fingerprint density at radius 3 is 2.15 bits per heavy atom. The van der Waals surface area contributed by atoms with E-state index in [4.69, 9.17) is 9.15 Å². The smallest absolute Gasteiger partial charge is 0.291 e. The number of hydrazone groups is 1. The van der Waals surface area contributed by atoms with Crippen molar-refractivity contribution in [1.29, 1.82) is 0 Å². The quantitative estimate of drug-likeness (QED) is 0.313. The second kappa shape index (κ2) is 10.6. The summed E-state index contributed by atoms with van der Waals surface area (Å²) in [7, 11) is 0. The Bertz CT molecular complexity index is 1200. The first-order valence-corrected chi connectivity index (χ1v) is 10.2.